The molecular formula is C22H30BrN5O2. The van der Waals surface area contributed by atoms with Crippen LogP contribution in [0, 0.1) is 28.6 Å². The Morgan fingerprint density at radius 1 is 1.27 bits per heavy atom. The molecule has 3 fully saturated rings. The molecule has 0 unspecified atom stereocenters. The van der Waals surface area contributed by atoms with Gasteiger partial charge in [-0.3, -0.25) is 14.6 Å². The summed E-state index contributed by atoms with van der Waals surface area (Å²) in [5.74, 6) is 1.11. The van der Waals surface area contributed by atoms with Crippen molar-refractivity contribution in [2.45, 2.75) is 46.2 Å². The minimum atomic E-state index is -0.422. The summed E-state index contributed by atoms with van der Waals surface area (Å²) in [6, 6.07) is 3.87. The Morgan fingerprint density at radius 3 is 2.57 bits per heavy atom. The Morgan fingerprint density at radius 2 is 1.97 bits per heavy atom. The van der Waals surface area contributed by atoms with Crippen molar-refractivity contribution in [3.63, 3.8) is 0 Å². The average Bonchev–Trinajstić information content (AvgIpc) is 2.75. The molecule has 1 aromatic rings. The van der Waals surface area contributed by atoms with Crippen LogP contribution in [0.25, 0.3) is 0 Å². The van der Waals surface area contributed by atoms with Crippen LogP contribution in [0.15, 0.2) is 34.7 Å². The summed E-state index contributed by atoms with van der Waals surface area (Å²) < 4.78 is 0.241. The normalized spacial score (nSPS) is 27.2. The van der Waals surface area contributed by atoms with E-state index in [1.807, 2.05) is 12.1 Å². The number of halogens is 1. The van der Waals surface area contributed by atoms with Crippen LogP contribution in [0.1, 0.15) is 39.2 Å². The van der Waals surface area contributed by atoms with Gasteiger partial charge in [0.15, 0.2) is 0 Å². The molecule has 30 heavy (non-hydrogen) atoms. The first-order chi connectivity index (χ1) is 14.2. The minimum Gasteiger partial charge on any atom is -0.380 e. The molecule has 0 saturated heterocycles. The van der Waals surface area contributed by atoms with Gasteiger partial charge < -0.3 is 21.4 Å². The first-order valence-electron chi connectivity index (χ1n) is 10.3. The summed E-state index contributed by atoms with van der Waals surface area (Å²) in [5, 5.41) is 16.5. The van der Waals surface area contributed by atoms with Crippen LogP contribution in [-0.4, -0.2) is 35.6 Å². The summed E-state index contributed by atoms with van der Waals surface area (Å²) in [7, 11) is 0. The lowest BCUT2D eigenvalue weighted by molar-refractivity contribution is -0.124. The van der Waals surface area contributed by atoms with Gasteiger partial charge in [0.05, 0.1) is 12.2 Å². The van der Waals surface area contributed by atoms with Gasteiger partial charge in [0.25, 0.3) is 5.91 Å². The van der Waals surface area contributed by atoms with E-state index in [4.69, 9.17) is 5.41 Å². The second kappa shape index (κ2) is 9.29. The lowest BCUT2D eigenvalue weighted by Gasteiger charge is -2.62. The fourth-order valence-electron chi connectivity index (χ4n) is 4.83. The van der Waals surface area contributed by atoms with E-state index >= 15 is 0 Å². The van der Waals surface area contributed by atoms with Crippen LogP contribution >= 0.6 is 15.9 Å². The Labute approximate surface area is 186 Å². The third-order valence-electron chi connectivity index (χ3n) is 6.92. The molecule has 2 bridgehead atoms. The van der Waals surface area contributed by atoms with Crippen LogP contribution in [-0.2, 0) is 16.1 Å². The maximum absolute atomic E-state index is 12.5. The molecule has 0 spiro atoms. The Bertz CT molecular complexity index is 839. The molecule has 2 amide bonds. The topological polar surface area (TPSA) is 107 Å². The zero-order valence-corrected chi connectivity index (χ0v) is 19.3. The number of nitrogens with zero attached hydrogens (tertiary/aromatic N) is 1. The van der Waals surface area contributed by atoms with E-state index in [1.165, 1.54) is 6.42 Å². The number of hydrogen-bond acceptors (Lipinski definition) is 5. The molecule has 0 radical (unpaired) electrons. The van der Waals surface area contributed by atoms with Gasteiger partial charge in [0.2, 0.25) is 5.91 Å². The lowest BCUT2D eigenvalue weighted by Crippen LogP contribution is -2.59. The van der Waals surface area contributed by atoms with E-state index in [0.29, 0.717) is 35.4 Å². The van der Waals surface area contributed by atoms with Crippen LogP contribution in [0.3, 0.4) is 0 Å². The maximum atomic E-state index is 12.5. The summed E-state index contributed by atoms with van der Waals surface area (Å²) in [5.41, 5.74) is 1.76. The Hall–Kier alpha value is -2.22. The molecule has 4 rings (SSSR count). The van der Waals surface area contributed by atoms with E-state index < -0.39 is 5.91 Å². The fourth-order valence-corrected chi connectivity index (χ4v) is 5.20. The van der Waals surface area contributed by atoms with E-state index in [9.17, 15) is 9.59 Å². The number of allylic oxidation sites excluding steroid dienone is 1. The number of amides is 2. The van der Waals surface area contributed by atoms with Gasteiger partial charge >= 0.3 is 0 Å². The smallest absolute Gasteiger partial charge is 0.260 e. The molecule has 4 N–H and O–H groups in total. The molecule has 0 aromatic carbocycles. The molecule has 4 atom stereocenters. The average molecular weight is 476 g/mol. The Kier molecular flexibility index (Phi) is 6.95. The van der Waals surface area contributed by atoms with E-state index in [-0.39, 0.29) is 23.0 Å². The Balaban J connectivity index is 1.51. The molecular weight excluding hydrogens is 446 g/mol. The number of aromatic nitrogens is 1. The van der Waals surface area contributed by atoms with Crippen LogP contribution in [0.2, 0.25) is 0 Å². The highest BCUT2D eigenvalue weighted by Gasteiger charge is 2.56. The van der Waals surface area contributed by atoms with Crippen molar-refractivity contribution in [1.82, 2.24) is 20.9 Å². The second-order valence-corrected chi connectivity index (χ2v) is 9.69. The summed E-state index contributed by atoms with van der Waals surface area (Å²) in [4.78, 5) is 28.4. The van der Waals surface area contributed by atoms with E-state index in [2.05, 4.69) is 57.6 Å². The number of nitrogens with one attached hydrogen (secondary N) is 4. The van der Waals surface area contributed by atoms with Gasteiger partial charge in [-0.1, -0.05) is 20.8 Å². The van der Waals surface area contributed by atoms with Gasteiger partial charge in [0.1, 0.15) is 4.48 Å². The molecule has 162 valence electrons. The molecule has 3 saturated carbocycles. The number of fused-ring (bicyclic) bond motifs is 2. The van der Waals surface area contributed by atoms with E-state index in [1.54, 1.807) is 12.4 Å². The van der Waals surface area contributed by atoms with Crippen molar-refractivity contribution in [3.8, 4) is 0 Å². The number of carbonyl (C=O) groups excluding carboxylic acids is 2. The molecule has 8 heteroatoms. The van der Waals surface area contributed by atoms with Crippen molar-refractivity contribution in [2.75, 3.05) is 6.54 Å². The van der Waals surface area contributed by atoms with Gasteiger partial charge in [-0.05, 0) is 69.6 Å². The highest BCUT2D eigenvalue weighted by Crippen LogP contribution is 2.61. The largest absolute Gasteiger partial charge is 0.380 e. The third kappa shape index (κ3) is 4.74. The molecule has 3 aliphatic carbocycles. The first-order valence-corrected chi connectivity index (χ1v) is 11.1. The standard InChI is InChI=1S/C22H30BrN5O2/c1-13-16-8-15(22(16,2)3)9-17(13)28-18(10-24)20(23)21(30)27-12-19(29)26-11-14-4-6-25-7-5-14/h4-7,10,13,15-17,24,28H,8-9,11-12H2,1-3H3,(H,26,29)(H,27,30)/b20-18-,24-10?/t13-,15-,16+,17+/m0/s1. The molecule has 0 aliphatic heterocycles. The van der Waals surface area contributed by atoms with Gasteiger partial charge in [0, 0.05) is 31.2 Å². The number of hydrogen-bond donors (Lipinski definition) is 4. The number of pyridine rings is 1. The number of rotatable bonds is 8. The first kappa shape index (κ1) is 22.5. The number of carbonyl (C=O) groups is 2. The van der Waals surface area contributed by atoms with Crippen molar-refractivity contribution >= 4 is 34.0 Å². The zero-order valence-electron chi connectivity index (χ0n) is 17.7. The van der Waals surface area contributed by atoms with Crippen LogP contribution < -0.4 is 16.0 Å². The van der Waals surface area contributed by atoms with Gasteiger partial charge in [-0.25, -0.2) is 0 Å². The van der Waals surface area contributed by atoms with Crippen LogP contribution in [0.5, 0.6) is 0 Å². The third-order valence-corrected chi connectivity index (χ3v) is 7.71. The highest BCUT2D eigenvalue weighted by molar-refractivity contribution is 9.12. The summed E-state index contributed by atoms with van der Waals surface area (Å²) in [6.07, 6.45) is 6.79. The molecule has 7 nitrogen and oxygen atoms in total. The predicted octanol–water partition coefficient (Wildman–Crippen LogP) is 2.73. The molecule has 3 aliphatic rings. The van der Waals surface area contributed by atoms with E-state index in [0.717, 1.165) is 18.2 Å². The van der Waals surface area contributed by atoms with Gasteiger partial charge in [-0.2, -0.15) is 0 Å². The molecule has 1 heterocycles. The quantitative estimate of drug-likeness (QED) is 0.342. The fraction of sp³-hybridized carbons (Fsp3) is 0.545. The van der Waals surface area contributed by atoms with Crippen molar-refractivity contribution in [2.24, 2.45) is 23.2 Å². The summed E-state index contributed by atoms with van der Waals surface area (Å²) >= 11 is 3.31. The SMILES string of the molecule is C[C@H]1[C@H]2C[C@@H](C[C@H]1N/C(C=N)=C(\Br)C(=O)NCC(=O)NCc1ccncc1)C2(C)C. The second-order valence-electron chi connectivity index (χ2n) is 8.89. The van der Waals surface area contributed by atoms with Crippen molar-refractivity contribution < 1.29 is 9.59 Å². The lowest BCUT2D eigenvalue weighted by atomic mass is 9.45. The van der Waals surface area contributed by atoms with Crippen molar-refractivity contribution in [1.29, 1.82) is 5.41 Å². The van der Waals surface area contributed by atoms with Gasteiger partial charge in [-0.15, -0.1) is 0 Å². The van der Waals surface area contributed by atoms with Crippen LogP contribution in [0.4, 0.5) is 0 Å². The maximum Gasteiger partial charge on any atom is 0.260 e. The minimum absolute atomic E-state index is 0.136. The zero-order chi connectivity index (χ0) is 21.9. The van der Waals surface area contributed by atoms with Crippen molar-refractivity contribution in [3.05, 3.63) is 40.3 Å². The summed E-state index contributed by atoms with van der Waals surface area (Å²) in [6.45, 7) is 7.18. The predicted molar refractivity (Wildman–Crippen MR) is 120 cm³/mol. The highest BCUT2D eigenvalue weighted by atomic mass is 79.9. The monoisotopic (exact) mass is 475 g/mol. The molecule has 1 aromatic heterocycles.